The summed E-state index contributed by atoms with van der Waals surface area (Å²) in [6.07, 6.45) is 17.0. The van der Waals surface area contributed by atoms with Crippen molar-refractivity contribution in [1.82, 2.24) is 0 Å². The Balaban J connectivity index is 2.09. The van der Waals surface area contributed by atoms with Gasteiger partial charge < -0.3 is 10.2 Å². The molecular weight excluding hydrogens is 336 g/mol. The highest BCUT2D eigenvalue weighted by atomic mass is 16.4. The predicted molar refractivity (Wildman–Crippen MR) is 114 cm³/mol. The number of aliphatic hydroxyl groups excluding tert-OH is 1. The van der Waals surface area contributed by atoms with Gasteiger partial charge in [-0.05, 0) is 37.3 Å². The summed E-state index contributed by atoms with van der Waals surface area (Å²) in [7, 11) is 0. The average molecular weight is 375 g/mol. The number of aryl methyl sites for hydroxylation is 1. The van der Waals surface area contributed by atoms with E-state index in [0.29, 0.717) is 12.2 Å². The summed E-state index contributed by atoms with van der Waals surface area (Å²) in [5.74, 6) is -0.249. The molecule has 3 heteroatoms. The van der Waals surface area contributed by atoms with E-state index in [1.807, 2.05) is 18.2 Å². The van der Waals surface area contributed by atoms with Crippen LogP contribution in [0.2, 0.25) is 0 Å². The van der Waals surface area contributed by atoms with Gasteiger partial charge in [-0.15, -0.1) is 0 Å². The molecule has 0 aromatic heterocycles. The highest BCUT2D eigenvalue weighted by Gasteiger charge is 2.05. The number of aliphatic carboxylic acids is 1. The molecule has 1 rings (SSSR count). The predicted octanol–water partition coefficient (Wildman–Crippen LogP) is 7.30. The molecule has 0 unspecified atom stereocenters. The lowest BCUT2D eigenvalue weighted by atomic mass is 9.98. The van der Waals surface area contributed by atoms with E-state index in [1.165, 1.54) is 56.9 Å². The first kappa shape index (κ1) is 23.3. The van der Waals surface area contributed by atoms with Gasteiger partial charge in [0.25, 0.3) is 0 Å². The molecule has 2 N–H and O–H groups in total. The number of aliphatic hydroxyl groups is 1. The maximum absolute atomic E-state index is 10.4. The van der Waals surface area contributed by atoms with Crippen molar-refractivity contribution in [3.05, 3.63) is 41.5 Å². The number of carboxylic acid groups (broad SMARTS) is 1. The van der Waals surface area contributed by atoms with E-state index in [0.717, 1.165) is 37.7 Å². The molecule has 0 spiro atoms. The van der Waals surface area contributed by atoms with Crippen LogP contribution in [0.3, 0.4) is 0 Å². The van der Waals surface area contributed by atoms with Gasteiger partial charge in [-0.25, -0.2) is 0 Å². The molecule has 0 aliphatic rings. The molecule has 152 valence electrons. The lowest BCUT2D eigenvalue weighted by Gasteiger charge is -2.09. The number of benzene rings is 1. The third-order valence-corrected chi connectivity index (χ3v) is 5.01. The van der Waals surface area contributed by atoms with Crippen LogP contribution in [0.4, 0.5) is 0 Å². The fraction of sp³-hybridized carbons (Fsp3) is 0.625. The molecular formula is C24H38O3. The van der Waals surface area contributed by atoms with Crippen LogP contribution in [0.25, 0.3) is 5.76 Å². The molecule has 0 aliphatic carbocycles. The second-order valence-corrected chi connectivity index (χ2v) is 7.46. The van der Waals surface area contributed by atoms with Gasteiger partial charge in [0.05, 0.1) is 0 Å². The zero-order chi connectivity index (χ0) is 19.7. The molecule has 3 nitrogen and oxygen atoms in total. The Labute approximate surface area is 165 Å². The van der Waals surface area contributed by atoms with Crippen molar-refractivity contribution < 1.29 is 15.0 Å². The fourth-order valence-electron chi connectivity index (χ4n) is 3.39. The van der Waals surface area contributed by atoms with E-state index in [1.54, 1.807) is 0 Å². The molecule has 0 atom stereocenters. The lowest BCUT2D eigenvalue weighted by molar-refractivity contribution is -0.137. The van der Waals surface area contributed by atoms with E-state index >= 15 is 0 Å². The highest BCUT2D eigenvalue weighted by Crippen LogP contribution is 2.20. The molecule has 0 aliphatic heterocycles. The van der Waals surface area contributed by atoms with Gasteiger partial charge in [-0.3, -0.25) is 4.79 Å². The Morgan fingerprint density at radius 1 is 0.852 bits per heavy atom. The maximum atomic E-state index is 10.4. The van der Waals surface area contributed by atoms with Crippen LogP contribution in [0.15, 0.2) is 30.3 Å². The number of carbonyl (C=O) groups is 1. The summed E-state index contributed by atoms with van der Waals surface area (Å²) in [6, 6.07) is 8.21. The monoisotopic (exact) mass is 374 g/mol. The van der Waals surface area contributed by atoms with Gasteiger partial charge in [0.1, 0.15) is 5.76 Å². The summed E-state index contributed by atoms with van der Waals surface area (Å²) in [6.45, 7) is 2.12. The maximum Gasteiger partial charge on any atom is 0.303 e. The van der Waals surface area contributed by atoms with E-state index in [4.69, 9.17) is 5.11 Å². The van der Waals surface area contributed by atoms with Gasteiger partial charge in [-0.1, -0.05) is 89.0 Å². The van der Waals surface area contributed by atoms with Crippen LogP contribution < -0.4 is 0 Å². The van der Waals surface area contributed by atoms with Crippen LogP contribution >= 0.6 is 0 Å². The minimum Gasteiger partial charge on any atom is -0.508 e. The number of rotatable bonds is 16. The molecule has 27 heavy (non-hydrogen) atoms. The molecule has 0 saturated carbocycles. The standard InChI is InChI=1S/C24H38O3/c1-2-3-19-23(25)22-18-15-14-17-21(22)16-12-10-8-6-4-5-7-9-11-13-20-24(26)27/h14-15,17-19,25H,2-13,16,20H2,1H3,(H,26,27)/b23-19-. The minimum absolute atomic E-state index is 0.315. The van der Waals surface area contributed by atoms with Crippen molar-refractivity contribution in [3.8, 4) is 0 Å². The Hall–Kier alpha value is -1.77. The quantitative estimate of drug-likeness (QED) is 0.236. The molecule has 0 saturated heterocycles. The zero-order valence-corrected chi connectivity index (χ0v) is 17.1. The highest BCUT2D eigenvalue weighted by molar-refractivity contribution is 5.66. The Bertz CT molecular complexity index is 548. The lowest BCUT2D eigenvalue weighted by Crippen LogP contribution is -1.94. The zero-order valence-electron chi connectivity index (χ0n) is 17.1. The van der Waals surface area contributed by atoms with Crippen LogP contribution in [0.5, 0.6) is 0 Å². The van der Waals surface area contributed by atoms with Gasteiger partial charge >= 0.3 is 5.97 Å². The number of carboxylic acids is 1. The SMILES string of the molecule is CCC/C=C(\O)c1ccccc1CCCCCCCCCCCCC(=O)O. The van der Waals surface area contributed by atoms with E-state index in [9.17, 15) is 9.90 Å². The summed E-state index contributed by atoms with van der Waals surface area (Å²) in [5.41, 5.74) is 2.25. The molecule has 0 fully saturated rings. The Kier molecular flexibility index (Phi) is 13.2. The summed E-state index contributed by atoms with van der Waals surface area (Å²) in [5, 5.41) is 18.9. The molecule has 0 radical (unpaired) electrons. The van der Waals surface area contributed by atoms with Crippen molar-refractivity contribution >= 4 is 11.7 Å². The largest absolute Gasteiger partial charge is 0.508 e. The third kappa shape index (κ3) is 11.5. The van der Waals surface area contributed by atoms with E-state index in [2.05, 4.69) is 19.1 Å². The summed E-state index contributed by atoms with van der Waals surface area (Å²) < 4.78 is 0. The second kappa shape index (κ2) is 15.3. The smallest absolute Gasteiger partial charge is 0.303 e. The average Bonchev–Trinajstić information content (AvgIpc) is 2.67. The summed E-state index contributed by atoms with van der Waals surface area (Å²) in [4.78, 5) is 10.4. The first-order valence-corrected chi connectivity index (χ1v) is 10.8. The first-order chi connectivity index (χ1) is 13.1. The molecule has 1 aromatic rings. The molecule has 0 bridgehead atoms. The molecule has 0 amide bonds. The van der Waals surface area contributed by atoms with E-state index in [-0.39, 0.29) is 0 Å². The fourth-order valence-corrected chi connectivity index (χ4v) is 3.39. The Morgan fingerprint density at radius 3 is 2.00 bits per heavy atom. The van der Waals surface area contributed by atoms with Gasteiger partial charge in [0, 0.05) is 12.0 Å². The van der Waals surface area contributed by atoms with Gasteiger partial charge in [0.15, 0.2) is 0 Å². The first-order valence-electron chi connectivity index (χ1n) is 10.8. The van der Waals surface area contributed by atoms with Crippen molar-refractivity contribution in [2.24, 2.45) is 0 Å². The number of hydrogen-bond acceptors (Lipinski definition) is 2. The minimum atomic E-state index is -0.676. The van der Waals surface area contributed by atoms with Crippen LogP contribution in [-0.4, -0.2) is 16.2 Å². The van der Waals surface area contributed by atoms with Crippen molar-refractivity contribution in [1.29, 1.82) is 0 Å². The van der Waals surface area contributed by atoms with Crippen molar-refractivity contribution in [2.75, 3.05) is 0 Å². The van der Waals surface area contributed by atoms with Crippen LogP contribution in [0.1, 0.15) is 102 Å². The van der Waals surface area contributed by atoms with Crippen molar-refractivity contribution in [3.63, 3.8) is 0 Å². The number of allylic oxidation sites excluding steroid dienone is 1. The number of hydrogen-bond donors (Lipinski definition) is 2. The van der Waals surface area contributed by atoms with Gasteiger partial charge in [0.2, 0.25) is 0 Å². The van der Waals surface area contributed by atoms with Crippen molar-refractivity contribution in [2.45, 2.75) is 96.8 Å². The number of unbranched alkanes of at least 4 members (excludes halogenated alkanes) is 10. The summed E-state index contributed by atoms with van der Waals surface area (Å²) >= 11 is 0. The van der Waals surface area contributed by atoms with Gasteiger partial charge in [-0.2, -0.15) is 0 Å². The molecule has 0 heterocycles. The Morgan fingerprint density at radius 2 is 1.41 bits per heavy atom. The second-order valence-electron chi connectivity index (χ2n) is 7.46. The molecule has 1 aromatic carbocycles. The van der Waals surface area contributed by atoms with E-state index < -0.39 is 5.97 Å². The van der Waals surface area contributed by atoms with Crippen LogP contribution in [-0.2, 0) is 11.2 Å². The topological polar surface area (TPSA) is 57.5 Å². The van der Waals surface area contributed by atoms with Crippen LogP contribution in [0, 0.1) is 0 Å². The normalized spacial score (nSPS) is 11.7. The third-order valence-electron chi connectivity index (χ3n) is 5.01.